The Labute approximate surface area is 138 Å². The highest BCUT2D eigenvalue weighted by molar-refractivity contribution is 7.15. The number of nitrogens with zero attached hydrogens (tertiary/aromatic N) is 1. The van der Waals surface area contributed by atoms with Crippen LogP contribution >= 0.6 is 22.7 Å². The predicted octanol–water partition coefficient (Wildman–Crippen LogP) is 4.67. The highest BCUT2D eigenvalue weighted by atomic mass is 32.1. The standard InChI is InChI=1S/C18H18N2S2/c1-2-7-15-12(5-1)13-11-19-17(16-8-4-10-21-16)14-6-3-9-20(14)18(13)22-15/h3-4,6,8-10,17,19H,1-2,5,7,11H2. The van der Waals surface area contributed by atoms with Gasteiger partial charge in [0.05, 0.1) is 6.04 Å². The average Bonchev–Trinajstić information content (AvgIpc) is 3.26. The second-order valence-corrected chi connectivity index (χ2v) is 8.19. The maximum Gasteiger partial charge on any atom is 0.104 e. The smallest absolute Gasteiger partial charge is 0.104 e. The molecule has 0 fully saturated rings. The molecule has 1 atom stereocenters. The monoisotopic (exact) mass is 326 g/mol. The van der Waals surface area contributed by atoms with Crippen molar-refractivity contribution in [1.82, 2.24) is 9.88 Å². The van der Waals surface area contributed by atoms with Gasteiger partial charge in [-0.1, -0.05) is 6.07 Å². The van der Waals surface area contributed by atoms with E-state index in [1.54, 1.807) is 16.0 Å². The summed E-state index contributed by atoms with van der Waals surface area (Å²) in [7, 11) is 0. The Morgan fingerprint density at radius 1 is 1.09 bits per heavy atom. The molecule has 5 rings (SSSR count). The molecule has 1 unspecified atom stereocenters. The molecule has 0 bridgehead atoms. The molecule has 0 saturated carbocycles. The van der Waals surface area contributed by atoms with Gasteiger partial charge in [0.1, 0.15) is 5.00 Å². The highest BCUT2D eigenvalue weighted by Gasteiger charge is 2.28. The fraction of sp³-hybridized carbons (Fsp3) is 0.333. The number of hydrogen-bond donors (Lipinski definition) is 1. The van der Waals surface area contributed by atoms with E-state index in [9.17, 15) is 0 Å². The van der Waals surface area contributed by atoms with Gasteiger partial charge in [-0.2, -0.15) is 0 Å². The summed E-state index contributed by atoms with van der Waals surface area (Å²) in [6.45, 7) is 0.991. The molecule has 0 spiro atoms. The number of fused-ring (bicyclic) bond motifs is 5. The molecule has 1 aliphatic heterocycles. The van der Waals surface area contributed by atoms with Crippen molar-refractivity contribution in [2.45, 2.75) is 38.3 Å². The summed E-state index contributed by atoms with van der Waals surface area (Å²) in [6, 6.07) is 9.16. The lowest BCUT2D eigenvalue weighted by molar-refractivity contribution is 0.602. The molecular formula is C18H18N2S2. The molecule has 4 heteroatoms. The van der Waals surface area contributed by atoms with Crippen LogP contribution in [0.5, 0.6) is 0 Å². The third-order valence-corrected chi connectivity index (χ3v) is 7.14. The van der Waals surface area contributed by atoms with Crippen molar-refractivity contribution in [3.63, 3.8) is 0 Å². The van der Waals surface area contributed by atoms with Crippen LogP contribution in [0.25, 0.3) is 5.00 Å². The lowest BCUT2D eigenvalue weighted by Crippen LogP contribution is -2.21. The topological polar surface area (TPSA) is 17.0 Å². The highest BCUT2D eigenvalue weighted by Crippen LogP contribution is 2.41. The first-order valence-electron chi connectivity index (χ1n) is 7.99. The summed E-state index contributed by atoms with van der Waals surface area (Å²) < 4.78 is 2.43. The van der Waals surface area contributed by atoms with E-state index in [0.717, 1.165) is 6.54 Å². The molecule has 2 nitrogen and oxygen atoms in total. The molecule has 112 valence electrons. The molecule has 0 radical (unpaired) electrons. The Hall–Kier alpha value is -1.36. The van der Waals surface area contributed by atoms with Gasteiger partial charge in [0.15, 0.2) is 0 Å². The van der Waals surface area contributed by atoms with Gasteiger partial charge < -0.3 is 9.88 Å². The number of rotatable bonds is 1. The maximum absolute atomic E-state index is 3.81. The van der Waals surface area contributed by atoms with Crippen LogP contribution in [0.1, 0.15) is 45.5 Å². The van der Waals surface area contributed by atoms with Crippen molar-refractivity contribution in [3.8, 4) is 5.00 Å². The van der Waals surface area contributed by atoms with Crippen LogP contribution in [-0.4, -0.2) is 4.57 Å². The largest absolute Gasteiger partial charge is 0.310 e. The van der Waals surface area contributed by atoms with E-state index in [2.05, 4.69) is 45.7 Å². The molecule has 0 saturated heterocycles. The van der Waals surface area contributed by atoms with Gasteiger partial charge in [0.2, 0.25) is 0 Å². The van der Waals surface area contributed by atoms with Gasteiger partial charge in [0.25, 0.3) is 0 Å². The number of thiophene rings is 2. The minimum absolute atomic E-state index is 0.314. The van der Waals surface area contributed by atoms with Gasteiger partial charge in [-0.3, -0.25) is 0 Å². The van der Waals surface area contributed by atoms with E-state index in [1.165, 1.54) is 41.3 Å². The SMILES string of the molecule is c1csc(C2NCc3c(sc4c3CCCC4)-n3cccc32)c1. The second kappa shape index (κ2) is 5.08. The molecule has 3 aromatic heterocycles. The van der Waals surface area contributed by atoms with Crippen LogP contribution in [0.3, 0.4) is 0 Å². The molecule has 3 aromatic rings. The Kier molecular flexibility index (Phi) is 3.03. The first-order chi connectivity index (χ1) is 10.9. The third-order valence-electron chi connectivity index (χ3n) is 4.87. The van der Waals surface area contributed by atoms with Crippen molar-refractivity contribution in [3.05, 3.63) is 62.4 Å². The average molecular weight is 326 g/mol. The van der Waals surface area contributed by atoms with Crippen LogP contribution in [-0.2, 0) is 19.4 Å². The molecule has 1 aliphatic carbocycles. The molecule has 4 heterocycles. The number of aromatic nitrogens is 1. The summed E-state index contributed by atoms with van der Waals surface area (Å²) in [4.78, 5) is 3.04. The summed E-state index contributed by atoms with van der Waals surface area (Å²) in [5.74, 6) is 0. The van der Waals surface area contributed by atoms with Crippen molar-refractivity contribution < 1.29 is 0 Å². The van der Waals surface area contributed by atoms with E-state index in [4.69, 9.17) is 0 Å². The zero-order valence-corrected chi connectivity index (χ0v) is 14.0. The van der Waals surface area contributed by atoms with Gasteiger partial charge in [-0.25, -0.2) is 0 Å². The quantitative estimate of drug-likeness (QED) is 0.687. The summed E-state index contributed by atoms with van der Waals surface area (Å²) in [5.41, 5.74) is 4.57. The number of hydrogen-bond acceptors (Lipinski definition) is 3. The van der Waals surface area contributed by atoms with E-state index < -0.39 is 0 Å². The lowest BCUT2D eigenvalue weighted by Gasteiger charge is -2.17. The first kappa shape index (κ1) is 13.1. The van der Waals surface area contributed by atoms with Crippen molar-refractivity contribution in [2.24, 2.45) is 0 Å². The van der Waals surface area contributed by atoms with Gasteiger partial charge >= 0.3 is 0 Å². The Balaban J connectivity index is 1.68. The third kappa shape index (κ3) is 1.87. The molecule has 2 aliphatic rings. The first-order valence-corrected chi connectivity index (χ1v) is 9.69. The zero-order valence-electron chi connectivity index (χ0n) is 12.3. The fourth-order valence-electron chi connectivity index (χ4n) is 3.82. The number of aryl methyl sites for hydroxylation is 1. The van der Waals surface area contributed by atoms with E-state index in [-0.39, 0.29) is 0 Å². The predicted molar refractivity (Wildman–Crippen MR) is 93.3 cm³/mol. The van der Waals surface area contributed by atoms with E-state index >= 15 is 0 Å². The van der Waals surface area contributed by atoms with Crippen molar-refractivity contribution in [2.75, 3.05) is 0 Å². The Bertz CT molecular complexity index is 810. The van der Waals surface area contributed by atoms with Crippen LogP contribution in [0.4, 0.5) is 0 Å². The fourth-order valence-corrected chi connectivity index (χ4v) is 6.04. The zero-order chi connectivity index (χ0) is 14.5. The normalized spacial score (nSPS) is 20.1. The minimum Gasteiger partial charge on any atom is -0.310 e. The molecular weight excluding hydrogens is 308 g/mol. The Morgan fingerprint density at radius 2 is 2.05 bits per heavy atom. The summed E-state index contributed by atoms with van der Waals surface area (Å²) >= 11 is 3.87. The summed E-state index contributed by atoms with van der Waals surface area (Å²) in [5, 5.41) is 7.45. The summed E-state index contributed by atoms with van der Waals surface area (Å²) in [6.07, 6.45) is 7.49. The maximum atomic E-state index is 3.81. The second-order valence-electron chi connectivity index (χ2n) is 6.13. The van der Waals surface area contributed by atoms with Gasteiger partial charge in [-0.05, 0) is 54.8 Å². The molecule has 0 amide bonds. The van der Waals surface area contributed by atoms with Gasteiger partial charge in [0, 0.05) is 33.8 Å². The van der Waals surface area contributed by atoms with Crippen molar-refractivity contribution >= 4 is 22.7 Å². The lowest BCUT2D eigenvalue weighted by atomic mass is 9.95. The van der Waals surface area contributed by atoms with Crippen LogP contribution < -0.4 is 5.32 Å². The number of nitrogens with one attached hydrogen (secondary N) is 1. The van der Waals surface area contributed by atoms with E-state index in [0.29, 0.717) is 6.04 Å². The van der Waals surface area contributed by atoms with E-state index in [1.807, 2.05) is 22.7 Å². The Morgan fingerprint density at radius 3 is 2.95 bits per heavy atom. The van der Waals surface area contributed by atoms with Crippen LogP contribution in [0.15, 0.2) is 35.8 Å². The van der Waals surface area contributed by atoms with Gasteiger partial charge in [-0.15, -0.1) is 22.7 Å². The van der Waals surface area contributed by atoms with Crippen LogP contribution in [0.2, 0.25) is 0 Å². The molecule has 22 heavy (non-hydrogen) atoms. The molecule has 0 aromatic carbocycles. The minimum atomic E-state index is 0.314. The van der Waals surface area contributed by atoms with Crippen molar-refractivity contribution in [1.29, 1.82) is 0 Å². The van der Waals surface area contributed by atoms with Crippen LogP contribution in [0, 0.1) is 0 Å². The molecule has 1 N–H and O–H groups in total.